The molecule has 4 atom stereocenters. The van der Waals surface area contributed by atoms with Crippen molar-refractivity contribution in [2.24, 2.45) is 0 Å². The molecule has 154 valence electrons. The van der Waals surface area contributed by atoms with Crippen molar-refractivity contribution >= 4 is 17.6 Å². The second-order valence-electron chi connectivity index (χ2n) is 7.38. The molecule has 2 N–H and O–H groups in total. The molecule has 7 heteroatoms. The number of nitrogens with zero attached hydrogens (tertiary/aromatic N) is 1. The third-order valence-corrected chi connectivity index (χ3v) is 5.34. The maximum atomic E-state index is 12.2. The maximum Gasteiger partial charge on any atom is 0.333 e. The van der Waals surface area contributed by atoms with E-state index >= 15 is 0 Å². The van der Waals surface area contributed by atoms with Gasteiger partial charge in [-0.15, -0.1) is 6.42 Å². The number of rotatable bonds is 5. The fourth-order valence-corrected chi connectivity index (χ4v) is 3.74. The van der Waals surface area contributed by atoms with Gasteiger partial charge in [-0.2, -0.15) is 0 Å². The van der Waals surface area contributed by atoms with Gasteiger partial charge in [0, 0.05) is 24.1 Å². The summed E-state index contributed by atoms with van der Waals surface area (Å²) in [6.07, 6.45) is 3.32. The summed E-state index contributed by atoms with van der Waals surface area (Å²) in [7, 11) is 0. The Bertz CT molecular complexity index is 978. The predicted octanol–water partition coefficient (Wildman–Crippen LogP) is 2.48. The van der Waals surface area contributed by atoms with Crippen LogP contribution in [-0.4, -0.2) is 40.6 Å². The molecule has 2 fully saturated rings. The number of β-lactam (4-membered cyclic amide) rings is 1. The molecular weight excluding hydrogens is 386 g/mol. The minimum Gasteiger partial charge on any atom is -0.479 e. The highest BCUT2D eigenvalue weighted by molar-refractivity contribution is 6.01. The van der Waals surface area contributed by atoms with Crippen LogP contribution in [0.1, 0.15) is 36.4 Å². The lowest BCUT2D eigenvalue weighted by Crippen LogP contribution is -2.46. The molecule has 0 aliphatic carbocycles. The van der Waals surface area contributed by atoms with Crippen LogP contribution in [0.5, 0.6) is 5.75 Å². The smallest absolute Gasteiger partial charge is 0.333 e. The Morgan fingerprint density at radius 2 is 1.83 bits per heavy atom. The molecule has 2 heterocycles. The van der Waals surface area contributed by atoms with Crippen molar-refractivity contribution in [3.63, 3.8) is 0 Å². The van der Waals surface area contributed by atoms with Crippen LogP contribution in [0.4, 0.5) is 5.69 Å². The van der Waals surface area contributed by atoms with E-state index in [-0.39, 0.29) is 24.8 Å². The van der Waals surface area contributed by atoms with Crippen LogP contribution in [0.15, 0.2) is 48.5 Å². The zero-order valence-corrected chi connectivity index (χ0v) is 16.1. The molecule has 0 aromatic heterocycles. The fraction of sp³-hybridized carbons (Fsp3) is 0.304. The molecule has 0 bridgehead atoms. The standard InChI is InChI=1S/C23H21NO6/c1-2-14-3-7-16(8-4-14)24-19(13-21(24)26)15-5-9-18(10-6-15)29-22-12-17(25)11-20(30-22)23(27)28/h1,3-10,17,19-20,22,25H,11-13H2,(H,27,28)/t17-,19-,20-,22+/m0/s1. The third-order valence-electron chi connectivity index (χ3n) is 5.34. The lowest BCUT2D eigenvalue weighted by atomic mass is 9.93. The molecule has 0 saturated carbocycles. The fourth-order valence-electron chi connectivity index (χ4n) is 3.74. The largest absolute Gasteiger partial charge is 0.479 e. The van der Waals surface area contributed by atoms with Crippen LogP contribution in [0.25, 0.3) is 0 Å². The van der Waals surface area contributed by atoms with E-state index in [0.717, 1.165) is 16.8 Å². The number of hydrogen-bond acceptors (Lipinski definition) is 5. The van der Waals surface area contributed by atoms with Gasteiger partial charge in [0.05, 0.1) is 18.6 Å². The van der Waals surface area contributed by atoms with Crippen molar-refractivity contribution in [3.05, 3.63) is 59.7 Å². The molecule has 2 saturated heterocycles. The monoisotopic (exact) mass is 407 g/mol. The van der Waals surface area contributed by atoms with Crippen molar-refractivity contribution in [3.8, 4) is 18.1 Å². The summed E-state index contributed by atoms with van der Waals surface area (Å²) in [5.74, 6) is 1.97. The van der Waals surface area contributed by atoms with Crippen LogP contribution in [0.3, 0.4) is 0 Å². The number of carboxylic acid groups (broad SMARTS) is 1. The van der Waals surface area contributed by atoms with Crippen LogP contribution in [0.2, 0.25) is 0 Å². The van der Waals surface area contributed by atoms with Gasteiger partial charge in [0.1, 0.15) is 5.75 Å². The summed E-state index contributed by atoms with van der Waals surface area (Å²) in [6, 6.07) is 14.4. The van der Waals surface area contributed by atoms with Crippen LogP contribution < -0.4 is 9.64 Å². The zero-order valence-electron chi connectivity index (χ0n) is 16.1. The van der Waals surface area contributed by atoms with Crippen molar-refractivity contribution in [1.29, 1.82) is 0 Å². The Labute approximate surface area is 173 Å². The topological polar surface area (TPSA) is 96.3 Å². The Morgan fingerprint density at radius 1 is 1.13 bits per heavy atom. The van der Waals surface area contributed by atoms with E-state index in [9.17, 15) is 14.7 Å². The number of carbonyl (C=O) groups is 2. The highest BCUT2D eigenvalue weighted by Crippen LogP contribution is 2.39. The summed E-state index contributed by atoms with van der Waals surface area (Å²) in [4.78, 5) is 25.1. The second kappa shape index (κ2) is 8.19. The molecule has 30 heavy (non-hydrogen) atoms. The van der Waals surface area contributed by atoms with E-state index in [1.54, 1.807) is 29.2 Å². The average molecular weight is 407 g/mol. The van der Waals surface area contributed by atoms with Gasteiger partial charge in [0.25, 0.3) is 0 Å². The van der Waals surface area contributed by atoms with Gasteiger partial charge in [0.2, 0.25) is 12.2 Å². The number of aliphatic hydroxyl groups excluding tert-OH is 1. The van der Waals surface area contributed by atoms with E-state index in [0.29, 0.717) is 12.2 Å². The number of aliphatic hydroxyl groups is 1. The number of aliphatic carboxylic acids is 1. The molecule has 2 aromatic rings. The molecule has 2 aliphatic rings. The molecule has 7 nitrogen and oxygen atoms in total. The summed E-state index contributed by atoms with van der Waals surface area (Å²) in [5.41, 5.74) is 2.50. The highest BCUT2D eigenvalue weighted by atomic mass is 16.7. The van der Waals surface area contributed by atoms with Gasteiger partial charge in [0.15, 0.2) is 6.10 Å². The molecule has 0 spiro atoms. The number of amides is 1. The first-order valence-corrected chi connectivity index (χ1v) is 9.66. The van der Waals surface area contributed by atoms with Gasteiger partial charge >= 0.3 is 5.97 Å². The van der Waals surface area contributed by atoms with Gasteiger partial charge in [-0.05, 0) is 42.0 Å². The Balaban J connectivity index is 1.43. The van der Waals surface area contributed by atoms with Crippen molar-refractivity contribution in [2.75, 3.05) is 4.90 Å². The van der Waals surface area contributed by atoms with E-state index in [1.807, 2.05) is 24.3 Å². The first-order chi connectivity index (χ1) is 14.4. The van der Waals surface area contributed by atoms with Crippen molar-refractivity contribution in [2.45, 2.75) is 43.8 Å². The van der Waals surface area contributed by atoms with Crippen LogP contribution >= 0.6 is 0 Å². The third kappa shape index (κ3) is 4.01. The number of carboxylic acids is 1. The normalized spacial score (nSPS) is 25.9. The zero-order chi connectivity index (χ0) is 21.3. The molecule has 2 aromatic carbocycles. The number of hydrogen-bond donors (Lipinski definition) is 2. The average Bonchev–Trinajstić information content (AvgIpc) is 2.73. The van der Waals surface area contributed by atoms with Gasteiger partial charge in [-0.1, -0.05) is 18.1 Å². The summed E-state index contributed by atoms with van der Waals surface area (Å²) >= 11 is 0. The van der Waals surface area contributed by atoms with Crippen molar-refractivity contribution in [1.82, 2.24) is 0 Å². The van der Waals surface area contributed by atoms with E-state index < -0.39 is 24.5 Å². The van der Waals surface area contributed by atoms with Crippen LogP contribution in [0, 0.1) is 12.3 Å². The lowest BCUT2D eigenvalue weighted by Gasteiger charge is -2.41. The lowest BCUT2D eigenvalue weighted by molar-refractivity contribution is -0.195. The first-order valence-electron chi connectivity index (χ1n) is 9.66. The van der Waals surface area contributed by atoms with Crippen LogP contribution in [-0.2, 0) is 14.3 Å². The Hall–Kier alpha value is -3.34. The Kier molecular flexibility index (Phi) is 5.44. The molecule has 1 amide bonds. The molecule has 0 radical (unpaired) electrons. The summed E-state index contributed by atoms with van der Waals surface area (Å²) in [5, 5.41) is 19.0. The minimum atomic E-state index is -1.12. The molecular formula is C23H21NO6. The quantitative estimate of drug-likeness (QED) is 0.584. The minimum absolute atomic E-state index is 0.0399. The number of terminal acetylenes is 1. The van der Waals surface area contributed by atoms with Gasteiger partial charge in [-0.25, -0.2) is 4.79 Å². The summed E-state index contributed by atoms with van der Waals surface area (Å²) in [6.45, 7) is 0. The SMILES string of the molecule is C#Cc1ccc(N2C(=O)C[C@H]2c2ccc(O[C@H]3C[C@@H](O)C[C@@H](C(=O)O)O3)cc2)cc1. The number of benzene rings is 2. The second-order valence-corrected chi connectivity index (χ2v) is 7.38. The van der Waals surface area contributed by atoms with Gasteiger partial charge < -0.3 is 24.6 Å². The molecule has 0 unspecified atom stereocenters. The first kappa shape index (κ1) is 20.0. The Morgan fingerprint density at radius 3 is 2.43 bits per heavy atom. The maximum absolute atomic E-state index is 12.2. The molecule has 2 aliphatic heterocycles. The number of ether oxygens (including phenoxy) is 2. The highest BCUT2D eigenvalue weighted by Gasteiger charge is 2.38. The number of anilines is 1. The van der Waals surface area contributed by atoms with E-state index in [4.69, 9.17) is 21.0 Å². The number of carbonyl (C=O) groups excluding carboxylic acids is 1. The molecule has 4 rings (SSSR count). The van der Waals surface area contributed by atoms with E-state index in [2.05, 4.69) is 5.92 Å². The predicted molar refractivity (Wildman–Crippen MR) is 108 cm³/mol. The van der Waals surface area contributed by atoms with E-state index in [1.165, 1.54) is 0 Å². The summed E-state index contributed by atoms with van der Waals surface area (Å²) < 4.78 is 11.1. The van der Waals surface area contributed by atoms with Crippen molar-refractivity contribution < 1.29 is 29.3 Å². The van der Waals surface area contributed by atoms with Gasteiger partial charge in [-0.3, -0.25) is 4.79 Å².